The number of carbonyl (C=O) groups is 1. The van der Waals surface area contributed by atoms with Crippen LogP contribution in [-0.4, -0.2) is 13.0 Å². The summed E-state index contributed by atoms with van der Waals surface area (Å²) in [6.07, 6.45) is 0. The number of amides is 1. The molecule has 0 atom stereocenters. The topological polar surface area (TPSA) is 38.3 Å². The highest BCUT2D eigenvalue weighted by Gasteiger charge is 2.09. The van der Waals surface area contributed by atoms with Crippen LogP contribution in [0.4, 0.5) is 0 Å². The molecule has 0 spiro atoms. The number of rotatable bonds is 5. The molecule has 2 rings (SSSR count). The van der Waals surface area contributed by atoms with Crippen LogP contribution in [-0.2, 0) is 17.9 Å². The van der Waals surface area contributed by atoms with Crippen LogP contribution in [0.25, 0.3) is 0 Å². The number of halogens is 2. The van der Waals surface area contributed by atoms with E-state index in [-0.39, 0.29) is 5.91 Å². The van der Waals surface area contributed by atoms with Crippen molar-refractivity contribution in [1.29, 1.82) is 0 Å². The fraction of sp³-hybridized carbons (Fsp3) is 0.188. The predicted molar refractivity (Wildman–Crippen MR) is 92.5 cm³/mol. The zero-order valence-electron chi connectivity index (χ0n) is 11.5. The smallest absolute Gasteiger partial charge is 0.251 e. The zero-order valence-corrected chi connectivity index (χ0v) is 14.4. The summed E-state index contributed by atoms with van der Waals surface area (Å²) < 4.78 is 6.08. The van der Waals surface area contributed by atoms with E-state index in [2.05, 4.69) is 27.9 Å². The van der Waals surface area contributed by atoms with Crippen LogP contribution in [0.1, 0.15) is 21.5 Å². The first-order valence-electron chi connectivity index (χ1n) is 6.41. The van der Waals surface area contributed by atoms with Crippen LogP contribution in [0.3, 0.4) is 0 Å². The SMILES string of the molecule is COCc1ccccc1CNC(=O)c1ccc(I)c(Cl)c1. The van der Waals surface area contributed by atoms with Crippen molar-refractivity contribution in [3.05, 3.63) is 67.7 Å². The van der Waals surface area contributed by atoms with E-state index in [0.717, 1.165) is 14.7 Å². The number of nitrogens with one attached hydrogen (secondary N) is 1. The lowest BCUT2D eigenvalue weighted by Crippen LogP contribution is -2.23. The predicted octanol–water partition coefficient (Wildman–Crippen LogP) is 4.02. The molecule has 21 heavy (non-hydrogen) atoms. The van der Waals surface area contributed by atoms with E-state index in [1.165, 1.54) is 0 Å². The Morgan fingerprint density at radius 1 is 1.24 bits per heavy atom. The van der Waals surface area contributed by atoms with Gasteiger partial charge < -0.3 is 10.1 Å². The molecule has 2 aromatic carbocycles. The second-order valence-electron chi connectivity index (χ2n) is 4.51. The van der Waals surface area contributed by atoms with Crippen molar-refractivity contribution in [3.8, 4) is 0 Å². The molecule has 0 aliphatic carbocycles. The second-order valence-corrected chi connectivity index (χ2v) is 6.08. The van der Waals surface area contributed by atoms with Gasteiger partial charge in [0.25, 0.3) is 5.91 Å². The first-order valence-corrected chi connectivity index (χ1v) is 7.86. The van der Waals surface area contributed by atoms with Crippen molar-refractivity contribution in [2.75, 3.05) is 7.11 Å². The van der Waals surface area contributed by atoms with Crippen LogP contribution in [0.2, 0.25) is 5.02 Å². The van der Waals surface area contributed by atoms with Gasteiger partial charge in [-0.3, -0.25) is 4.79 Å². The van der Waals surface area contributed by atoms with E-state index in [9.17, 15) is 4.79 Å². The minimum Gasteiger partial charge on any atom is -0.380 e. The molecular formula is C16H15ClINO2. The molecule has 1 N–H and O–H groups in total. The molecule has 0 saturated heterocycles. The maximum atomic E-state index is 12.1. The Bertz CT molecular complexity index is 646. The fourth-order valence-corrected chi connectivity index (χ4v) is 2.46. The van der Waals surface area contributed by atoms with Crippen LogP contribution in [0.5, 0.6) is 0 Å². The number of hydrogen-bond acceptors (Lipinski definition) is 2. The van der Waals surface area contributed by atoms with Crippen molar-refractivity contribution >= 4 is 40.1 Å². The molecule has 0 aromatic heterocycles. The molecule has 0 aliphatic heterocycles. The third-order valence-electron chi connectivity index (χ3n) is 3.04. The van der Waals surface area contributed by atoms with Gasteiger partial charge in [0, 0.05) is 22.8 Å². The van der Waals surface area contributed by atoms with Crippen LogP contribution in [0, 0.1) is 3.57 Å². The minimum absolute atomic E-state index is 0.138. The van der Waals surface area contributed by atoms with E-state index >= 15 is 0 Å². The molecule has 0 aliphatic rings. The molecular weight excluding hydrogens is 401 g/mol. The monoisotopic (exact) mass is 415 g/mol. The molecule has 0 radical (unpaired) electrons. The van der Waals surface area contributed by atoms with E-state index in [1.54, 1.807) is 19.2 Å². The summed E-state index contributed by atoms with van der Waals surface area (Å²) in [5.74, 6) is -0.138. The van der Waals surface area contributed by atoms with Gasteiger partial charge in [0.2, 0.25) is 0 Å². The Morgan fingerprint density at radius 3 is 2.62 bits per heavy atom. The molecule has 1 amide bonds. The Kier molecular flexibility index (Phi) is 6.02. The van der Waals surface area contributed by atoms with Gasteiger partial charge in [0.15, 0.2) is 0 Å². The normalized spacial score (nSPS) is 10.4. The molecule has 0 bridgehead atoms. The molecule has 0 unspecified atom stereocenters. The number of hydrogen-bond donors (Lipinski definition) is 1. The van der Waals surface area contributed by atoms with E-state index in [4.69, 9.17) is 16.3 Å². The third kappa shape index (κ3) is 4.43. The third-order valence-corrected chi connectivity index (χ3v) is 4.61. The van der Waals surface area contributed by atoms with Gasteiger partial charge in [-0.15, -0.1) is 0 Å². The van der Waals surface area contributed by atoms with Gasteiger partial charge in [-0.25, -0.2) is 0 Å². The minimum atomic E-state index is -0.138. The summed E-state index contributed by atoms with van der Waals surface area (Å²) in [5, 5.41) is 3.49. The highest BCUT2D eigenvalue weighted by molar-refractivity contribution is 14.1. The lowest BCUT2D eigenvalue weighted by atomic mass is 10.1. The summed E-state index contributed by atoms with van der Waals surface area (Å²) in [7, 11) is 1.66. The van der Waals surface area contributed by atoms with Crippen molar-refractivity contribution in [1.82, 2.24) is 5.32 Å². The van der Waals surface area contributed by atoms with Gasteiger partial charge >= 0.3 is 0 Å². The lowest BCUT2D eigenvalue weighted by Gasteiger charge is -2.10. The molecule has 110 valence electrons. The van der Waals surface area contributed by atoms with Gasteiger partial charge in [-0.2, -0.15) is 0 Å². The van der Waals surface area contributed by atoms with Crippen molar-refractivity contribution in [2.24, 2.45) is 0 Å². The molecule has 2 aromatic rings. The Balaban J connectivity index is 2.05. The summed E-state index contributed by atoms with van der Waals surface area (Å²) in [4.78, 5) is 12.1. The standard InChI is InChI=1S/C16H15ClINO2/c1-21-10-13-5-3-2-4-12(13)9-19-16(20)11-6-7-15(18)14(17)8-11/h2-8H,9-10H2,1H3,(H,19,20). The summed E-state index contributed by atoms with van der Waals surface area (Å²) in [6, 6.07) is 13.2. The lowest BCUT2D eigenvalue weighted by molar-refractivity contribution is 0.0950. The number of benzene rings is 2. The molecule has 0 heterocycles. The number of methoxy groups -OCH3 is 1. The Hall–Kier alpha value is -1.11. The molecule has 0 fully saturated rings. The van der Waals surface area contributed by atoms with E-state index < -0.39 is 0 Å². The second kappa shape index (κ2) is 7.77. The van der Waals surface area contributed by atoms with Gasteiger partial charge in [0.1, 0.15) is 0 Å². The summed E-state index contributed by atoms with van der Waals surface area (Å²) in [6.45, 7) is 0.989. The average Bonchev–Trinajstić information content (AvgIpc) is 2.49. The number of carbonyl (C=O) groups excluding carboxylic acids is 1. The fourth-order valence-electron chi connectivity index (χ4n) is 1.94. The first kappa shape index (κ1) is 16.3. The quantitative estimate of drug-likeness (QED) is 0.749. The maximum absolute atomic E-state index is 12.1. The Morgan fingerprint density at radius 2 is 1.95 bits per heavy atom. The Labute approximate surface area is 142 Å². The average molecular weight is 416 g/mol. The van der Waals surface area contributed by atoms with Crippen molar-refractivity contribution in [2.45, 2.75) is 13.2 Å². The molecule has 5 heteroatoms. The van der Waals surface area contributed by atoms with Crippen LogP contribution in [0.15, 0.2) is 42.5 Å². The molecule has 3 nitrogen and oxygen atoms in total. The van der Waals surface area contributed by atoms with Crippen LogP contribution >= 0.6 is 34.2 Å². The number of ether oxygens (including phenoxy) is 1. The van der Waals surface area contributed by atoms with Gasteiger partial charge in [-0.1, -0.05) is 35.9 Å². The van der Waals surface area contributed by atoms with Gasteiger partial charge in [0.05, 0.1) is 11.6 Å². The van der Waals surface area contributed by atoms with Crippen LogP contribution < -0.4 is 5.32 Å². The van der Waals surface area contributed by atoms with E-state index in [1.807, 2.05) is 30.3 Å². The largest absolute Gasteiger partial charge is 0.380 e. The maximum Gasteiger partial charge on any atom is 0.251 e. The molecule has 0 saturated carbocycles. The summed E-state index contributed by atoms with van der Waals surface area (Å²) >= 11 is 8.17. The van der Waals surface area contributed by atoms with Crippen molar-refractivity contribution in [3.63, 3.8) is 0 Å². The van der Waals surface area contributed by atoms with E-state index in [0.29, 0.717) is 23.7 Å². The highest BCUT2D eigenvalue weighted by atomic mass is 127. The first-order chi connectivity index (χ1) is 10.1. The highest BCUT2D eigenvalue weighted by Crippen LogP contribution is 2.19. The summed E-state index contributed by atoms with van der Waals surface area (Å²) in [5.41, 5.74) is 2.68. The van der Waals surface area contributed by atoms with Crippen molar-refractivity contribution < 1.29 is 9.53 Å². The zero-order chi connectivity index (χ0) is 15.2. The van der Waals surface area contributed by atoms with Gasteiger partial charge in [-0.05, 0) is 51.9 Å².